The molecule has 0 atom stereocenters. The van der Waals surface area contributed by atoms with Crippen LogP contribution in [0.1, 0.15) is 22.3 Å². The van der Waals surface area contributed by atoms with Gasteiger partial charge in [-0.2, -0.15) is 59.7 Å². The fraction of sp³-hybridized carbons (Fsp3) is 0.0769. The van der Waals surface area contributed by atoms with Crippen molar-refractivity contribution in [2.75, 3.05) is 0 Å². The first-order valence-electron chi connectivity index (χ1n) is 9.06. The van der Waals surface area contributed by atoms with E-state index >= 15 is 0 Å². The van der Waals surface area contributed by atoms with Crippen molar-refractivity contribution in [1.82, 2.24) is 0 Å². The molecule has 4 aromatic carbocycles. The molecule has 0 amide bonds. The molecule has 0 N–H and O–H groups in total. The zero-order valence-corrected chi connectivity index (χ0v) is 16.2. The molecule has 0 fully saturated rings. The molecule has 0 aromatic heterocycles. The van der Waals surface area contributed by atoms with E-state index in [1.54, 1.807) is 0 Å². The van der Waals surface area contributed by atoms with Crippen LogP contribution in [0, 0.1) is 12.1 Å². The first-order valence-corrected chi connectivity index (χ1v) is 9.06. The van der Waals surface area contributed by atoms with Gasteiger partial charge in [0.05, 0.1) is 0 Å². The molecule has 0 aliphatic heterocycles. The maximum absolute atomic E-state index is 3.30. The summed E-state index contributed by atoms with van der Waals surface area (Å²) in [5, 5.41) is 0. The normalized spacial score (nSPS) is 11.9. The van der Waals surface area contributed by atoms with Gasteiger partial charge in [0.25, 0.3) is 0 Å². The summed E-state index contributed by atoms with van der Waals surface area (Å²) in [6.07, 6.45) is 2.10. The average molecular weight is 382 g/mol. The Morgan fingerprint density at radius 2 is 0.889 bits per heavy atom. The Labute approximate surface area is 171 Å². The molecule has 2 aliphatic carbocycles. The molecule has 27 heavy (non-hydrogen) atoms. The minimum atomic E-state index is 0. The predicted molar refractivity (Wildman–Crippen MR) is 107 cm³/mol. The second kappa shape index (κ2) is 7.57. The molecule has 128 valence electrons. The van der Waals surface area contributed by atoms with Crippen LogP contribution < -0.4 is 0 Å². The van der Waals surface area contributed by atoms with E-state index in [0.717, 1.165) is 12.8 Å². The van der Waals surface area contributed by atoms with E-state index in [9.17, 15) is 0 Å². The molecule has 0 heterocycles. The zero-order chi connectivity index (χ0) is 17.3. The molecule has 4 aromatic rings. The van der Waals surface area contributed by atoms with Gasteiger partial charge in [-0.3, -0.25) is 0 Å². The van der Waals surface area contributed by atoms with Crippen molar-refractivity contribution in [2.45, 2.75) is 12.8 Å². The summed E-state index contributed by atoms with van der Waals surface area (Å²) in [6.45, 7) is 0. The van der Waals surface area contributed by atoms with Gasteiger partial charge in [-0.1, -0.05) is 70.8 Å². The van der Waals surface area contributed by atoms with Crippen LogP contribution in [-0.4, -0.2) is 0 Å². The average Bonchev–Trinajstić information content (AvgIpc) is 3.27. The predicted octanol–water partition coefficient (Wildman–Crippen LogP) is 6.11. The van der Waals surface area contributed by atoms with Crippen LogP contribution in [0.15, 0.2) is 84.9 Å². The van der Waals surface area contributed by atoms with Gasteiger partial charge < -0.3 is 0 Å². The molecule has 0 unspecified atom stereocenters. The van der Waals surface area contributed by atoms with E-state index in [0.29, 0.717) is 0 Å². The Hall–Kier alpha value is -2.59. The van der Waals surface area contributed by atoms with Crippen LogP contribution in [0.3, 0.4) is 0 Å². The van der Waals surface area contributed by atoms with Gasteiger partial charge in [0.15, 0.2) is 0 Å². The van der Waals surface area contributed by atoms with Crippen LogP contribution in [0.4, 0.5) is 0 Å². The van der Waals surface area contributed by atoms with E-state index in [-0.39, 0.29) is 17.4 Å². The van der Waals surface area contributed by atoms with Crippen molar-refractivity contribution in [3.8, 4) is 22.3 Å². The first-order chi connectivity index (χ1) is 12.9. The molecule has 0 nitrogen and oxygen atoms in total. The summed E-state index contributed by atoms with van der Waals surface area (Å²) in [5.41, 5.74) is 11.0. The van der Waals surface area contributed by atoms with Crippen molar-refractivity contribution in [2.24, 2.45) is 0 Å². The van der Waals surface area contributed by atoms with E-state index in [1.807, 2.05) is 12.1 Å². The van der Waals surface area contributed by atoms with Gasteiger partial charge >= 0.3 is 17.4 Å². The van der Waals surface area contributed by atoms with Gasteiger partial charge in [0.2, 0.25) is 0 Å². The summed E-state index contributed by atoms with van der Waals surface area (Å²) >= 11 is 0. The zero-order valence-electron chi connectivity index (χ0n) is 14.9. The van der Waals surface area contributed by atoms with Crippen LogP contribution in [0.5, 0.6) is 0 Å². The van der Waals surface area contributed by atoms with E-state index < -0.39 is 0 Å². The fourth-order valence-electron chi connectivity index (χ4n) is 4.00. The summed E-state index contributed by atoms with van der Waals surface area (Å²) in [5.74, 6) is 0. The molecule has 0 saturated heterocycles. The standard InChI is InChI=1S/2C13H9.Cr/c2*1-3-7-12-10(5-1)9-11-6-2-4-8-13(11)12;/h2*1-5,7-8H,9H2;/q2*-1;+2. The van der Waals surface area contributed by atoms with Gasteiger partial charge in [-0.05, 0) is 12.8 Å². The molecule has 1 heteroatoms. The summed E-state index contributed by atoms with van der Waals surface area (Å²) < 4.78 is 0. The third kappa shape index (κ3) is 3.26. The number of hydrogen-bond donors (Lipinski definition) is 0. The first kappa shape index (κ1) is 17.8. The molecule has 2 aliphatic rings. The molecule has 0 radical (unpaired) electrons. The van der Waals surface area contributed by atoms with Crippen LogP contribution in [0.2, 0.25) is 0 Å². The fourth-order valence-corrected chi connectivity index (χ4v) is 4.00. The van der Waals surface area contributed by atoms with E-state index in [1.165, 1.54) is 44.5 Å². The second-order valence-electron chi connectivity index (χ2n) is 6.79. The van der Waals surface area contributed by atoms with Crippen molar-refractivity contribution in [3.05, 3.63) is 119 Å². The number of fused-ring (bicyclic) bond motifs is 6. The van der Waals surface area contributed by atoms with Crippen molar-refractivity contribution < 1.29 is 17.4 Å². The third-order valence-electron chi connectivity index (χ3n) is 5.23. The van der Waals surface area contributed by atoms with Gasteiger partial charge in [-0.25, -0.2) is 0 Å². The Kier molecular flexibility index (Phi) is 4.99. The minimum absolute atomic E-state index is 0. The molecule has 6 rings (SSSR count). The number of benzene rings is 4. The molecular formula is C26H18Cr. The molecular weight excluding hydrogens is 364 g/mol. The van der Waals surface area contributed by atoms with Crippen LogP contribution in [0.25, 0.3) is 22.3 Å². The van der Waals surface area contributed by atoms with E-state index in [2.05, 4.69) is 84.9 Å². The minimum Gasteiger partial charge on any atom is -0.179 e. The Bertz CT molecular complexity index is 918. The smallest absolute Gasteiger partial charge is 0.179 e. The van der Waals surface area contributed by atoms with Crippen LogP contribution >= 0.6 is 0 Å². The monoisotopic (exact) mass is 382 g/mol. The van der Waals surface area contributed by atoms with Gasteiger partial charge in [0.1, 0.15) is 0 Å². The van der Waals surface area contributed by atoms with Crippen LogP contribution in [-0.2, 0) is 30.2 Å². The molecule has 0 spiro atoms. The largest absolute Gasteiger partial charge is 2.00 e. The SMILES string of the molecule is [Cr+2].[c-]1cccc2c1Cc1ccccc1-2.[c-]1cccc2c1Cc1ccccc1-2. The molecule has 0 saturated carbocycles. The van der Waals surface area contributed by atoms with Crippen molar-refractivity contribution in [1.29, 1.82) is 0 Å². The second-order valence-corrected chi connectivity index (χ2v) is 6.79. The van der Waals surface area contributed by atoms with Gasteiger partial charge in [0, 0.05) is 0 Å². The molecule has 0 bridgehead atoms. The maximum Gasteiger partial charge on any atom is 2.00 e. The maximum atomic E-state index is 3.30. The number of hydrogen-bond acceptors (Lipinski definition) is 0. The van der Waals surface area contributed by atoms with Gasteiger partial charge in [-0.15, -0.1) is 11.1 Å². The summed E-state index contributed by atoms with van der Waals surface area (Å²) in [4.78, 5) is 0. The summed E-state index contributed by atoms with van der Waals surface area (Å²) in [6, 6.07) is 36.2. The quantitative estimate of drug-likeness (QED) is 0.278. The van der Waals surface area contributed by atoms with Crippen molar-refractivity contribution >= 4 is 0 Å². The third-order valence-corrected chi connectivity index (χ3v) is 5.23. The Balaban J connectivity index is 0.000000129. The topological polar surface area (TPSA) is 0 Å². The summed E-state index contributed by atoms with van der Waals surface area (Å²) in [7, 11) is 0. The van der Waals surface area contributed by atoms with Crippen molar-refractivity contribution in [3.63, 3.8) is 0 Å². The number of rotatable bonds is 0. The Morgan fingerprint density at radius 3 is 1.37 bits per heavy atom. The Morgan fingerprint density at radius 1 is 0.481 bits per heavy atom. The van der Waals surface area contributed by atoms with E-state index in [4.69, 9.17) is 0 Å².